The molecule has 0 aliphatic carbocycles. The average Bonchev–Trinajstić information content (AvgIpc) is 3.12. The lowest BCUT2D eigenvalue weighted by Crippen LogP contribution is -2.48. The van der Waals surface area contributed by atoms with Crippen LogP contribution in [-0.4, -0.2) is 47.5 Å². The van der Waals surface area contributed by atoms with E-state index in [9.17, 15) is 14.7 Å². The number of halogens is 2. The summed E-state index contributed by atoms with van der Waals surface area (Å²) in [6, 6.07) is 4.49. The smallest absolute Gasteiger partial charge is 0.239 e. The number of aromatic hydroxyl groups is 1. The van der Waals surface area contributed by atoms with Gasteiger partial charge in [0.1, 0.15) is 5.75 Å². The highest BCUT2D eigenvalue weighted by atomic mass is 35.5. The third kappa shape index (κ3) is 4.77. The number of hydrogen-bond donors (Lipinski definition) is 3. The summed E-state index contributed by atoms with van der Waals surface area (Å²) < 4.78 is 0. The van der Waals surface area contributed by atoms with Gasteiger partial charge in [-0.1, -0.05) is 11.6 Å². The Balaban J connectivity index is 0.00000225. The molecule has 138 valence electrons. The number of hydrogen-bond acceptors (Lipinski definition) is 4. The van der Waals surface area contributed by atoms with Crippen molar-refractivity contribution >= 4 is 41.5 Å². The molecule has 0 bridgehead atoms. The fourth-order valence-corrected chi connectivity index (χ4v) is 3.49. The van der Waals surface area contributed by atoms with Gasteiger partial charge in [0, 0.05) is 24.0 Å². The molecule has 25 heavy (non-hydrogen) atoms. The Morgan fingerprint density at radius 2 is 1.96 bits per heavy atom. The molecule has 2 amide bonds. The molecule has 1 unspecified atom stereocenters. The standard InChI is InChI=1S/C17H22ClN3O3.ClH/c18-12-3-4-15(22)14(10-12)20-16(23)11-5-8-21(9-6-11)17(24)13-2-1-7-19-13;/h3-4,10-11,13,19,22H,1-2,5-9H2,(H,20,23);1H. The van der Waals surface area contributed by atoms with Gasteiger partial charge in [0.15, 0.2) is 0 Å². The first-order chi connectivity index (χ1) is 11.5. The van der Waals surface area contributed by atoms with E-state index >= 15 is 0 Å². The molecule has 3 rings (SSSR count). The van der Waals surface area contributed by atoms with Crippen molar-refractivity contribution in [2.45, 2.75) is 31.7 Å². The minimum absolute atomic E-state index is 0. The van der Waals surface area contributed by atoms with E-state index in [1.54, 1.807) is 6.07 Å². The predicted octanol–water partition coefficient (Wildman–Crippen LogP) is 2.40. The minimum Gasteiger partial charge on any atom is -0.506 e. The van der Waals surface area contributed by atoms with E-state index in [1.807, 2.05) is 4.90 Å². The molecule has 0 aromatic heterocycles. The number of piperidine rings is 1. The number of phenols is 1. The molecule has 0 radical (unpaired) electrons. The van der Waals surface area contributed by atoms with Crippen molar-refractivity contribution in [1.29, 1.82) is 0 Å². The maximum Gasteiger partial charge on any atom is 0.239 e. The first kappa shape index (κ1) is 19.8. The molecule has 2 saturated heterocycles. The van der Waals surface area contributed by atoms with Gasteiger partial charge in [-0.05, 0) is 50.4 Å². The molecular weight excluding hydrogens is 365 g/mol. The van der Waals surface area contributed by atoms with Crippen LogP contribution in [0.25, 0.3) is 0 Å². The highest BCUT2D eigenvalue weighted by Crippen LogP contribution is 2.28. The number of nitrogens with one attached hydrogen (secondary N) is 2. The van der Waals surface area contributed by atoms with Crippen molar-refractivity contribution in [1.82, 2.24) is 10.2 Å². The molecule has 0 saturated carbocycles. The van der Waals surface area contributed by atoms with Crippen molar-refractivity contribution in [3.63, 3.8) is 0 Å². The summed E-state index contributed by atoms with van der Waals surface area (Å²) in [5.74, 6) is -0.158. The van der Waals surface area contributed by atoms with Crippen molar-refractivity contribution < 1.29 is 14.7 Å². The summed E-state index contributed by atoms with van der Waals surface area (Å²) in [6.45, 7) is 2.09. The van der Waals surface area contributed by atoms with Crippen LogP contribution in [0.15, 0.2) is 18.2 Å². The molecule has 3 N–H and O–H groups in total. The topological polar surface area (TPSA) is 81.7 Å². The lowest BCUT2D eigenvalue weighted by atomic mass is 9.95. The lowest BCUT2D eigenvalue weighted by Gasteiger charge is -2.33. The van der Waals surface area contributed by atoms with Crippen LogP contribution >= 0.6 is 24.0 Å². The second-order valence-corrected chi connectivity index (χ2v) is 6.84. The van der Waals surface area contributed by atoms with Gasteiger partial charge in [-0.25, -0.2) is 0 Å². The van der Waals surface area contributed by atoms with Crippen molar-refractivity contribution in [2.75, 3.05) is 25.0 Å². The molecule has 1 aromatic rings. The second-order valence-electron chi connectivity index (χ2n) is 6.40. The normalized spacial score (nSPS) is 20.8. The third-order valence-electron chi connectivity index (χ3n) is 4.75. The molecule has 6 nitrogen and oxygen atoms in total. The summed E-state index contributed by atoms with van der Waals surface area (Å²) in [6.07, 6.45) is 3.20. The Hall–Kier alpha value is -1.50. The molecule has 2 aliphatic heterocycles. The second kappa shape index (κ2) is 8.74. The van der Waals surface area contributed by atoms with Crippen LogP contribution in [0.4, 0.5) is 5.69 Å². The number of anilines is 1. The summed E-state index contributed by atoms with van der Waals surface area (Å²) in [5.41, 5.74) is 0.321. The summed E-state index contributed by atoms with van der Waals surface area (Å²) >= 11 is 5.89. The largest absolute Gasteiger partial charge is 0.506 e. The van der Waals surface area contributed by atoms with E-state index in [0.29, 0.717) is 36.6 Å². The van der Waals surface area contributed by atoms with Crippen LogP contribution in [0.3, 0.4) is 0 Å². The number of benzene rings is 1. The zero-order valence-corrected chi connectivity index (χ0v) is 15.4. The van der Waals surface area contributed by atoms with Gasteiger partial charge in [-0.15, -0.1) is 12.4 Å². The SMILES string of the molecule is Cl.O=C(Nc1cc(Cl)ccc1O)C1CCN(C(=O)C2CCCN2)CC1. The van der Waals surface area contributed by atoms with Crippen LogP contribution in [0.2, 0.25) is 5.02 Å². The predicted molar refractivity (Wildman–Crippen MR) is 99.3 cm³/mol. The van der Waals surface area contributed by atoms with Crippen molar-refractivity contribution in [3.05, 3.63) is 23.2 Å². The highest BCUT2D eigenvalue weighted by molar-refractivity contribution is 6.31. The van der Waals surface area contributed by atoms with E-state index in [-0.39, 0.29) is 41.9 Å². The van der Waals surface area contributed by atoms with Crippen molar-refractivity contribution in [2.24, 2.45) is 5.92 Å². The first-order valence-corrected chi connectivity index (χ1v) is 8.74. The van der Waals surface area contributed by atoms with Gasteiger partial charge >= 0.3 is 0 Å². The molecular formula is C17H23Cl2N3O3. The minimum atomic E-state index is -0.163. The number of phenolic OH excluding ortho intramolecular Hbond substituents is 1. The first-order valence-electron chi connectivity index (χ1n) is 8.36. The van der Waals surface area contributed by atoms with Crippen LogP contribution in [0, 0.1) is 5.92 Å². The van der Waals surface area contributed by atoms with Crippen LogP contribution in [0.5, 0.6) is 5.75 Å². The fraction of sp³-hybridized carbons (Fsp3) is 0.529. The van der Waals surface area contributed by atoms with Crippen LogP contribution in [0.1, 0.15) is 25.7 Å². The molecule has 2 heterocycles. The van der Waals surface area contributed by atoms with Gasteiger partial charge < -0.3 is 20.6 Å². The van der Waals surface area contributed by atoms with Gasteiger partial charge in [0.25, 0.3) is 0 Å². The van der Waals surface area contributed by atoms with Crippen LogP contribution < -0.4 is 10.6 Å². The summed E-state index contributed by atoms with van der Waals surface area (Å²) in [7, 11) is 0. The number of amides is 2. The maximum atomic E-state index is 12.4. The van der Waals surface area contributed by atoms with Gasteiger partial charge in [-0.2, -0.15) is 0 Å². The molecule has 8 heteroatoms. The van der Waals surface area contributed by atoms with E-state index < -0.39 is 0 Å². The van der Waals surface area contributed by atoms with Gasteiger partial charge in [-0.3, -0.25) is 9.59 Å². The zero-order chi connectivity index (χ0) is 17.1. The number of carbonyl (C=O) groups is 2. The number of rotatable bonds is 3. The van der Waals surface area contributed by atoms with Gasteiger partial charge in [0.2, 0.25) is 11.8 Å². The third-order valence-corrected chi connectivity index (χ3v) is 4.99. The molecule has 2 aliphatic rings. The van der Waals surface area contributed by atoms with E-state index in [2.05, 4.69) is 10.6 Å². The van der Waals surface area contributed by atoms with Crippen molar-refractivity contribution in [3.8, 4) is 5.75 Å². The number of carbonyl (C=O) groups excluding carboxylic acids is 2. The maximum absolute atomic E-state index is 12.4. The summed E-state index contributed by atoms with van der Waals surface area (Å²) in [5, 5.41) is 16.2. The molecule has 1 aromatic carbocycles. The quantitative estimate of drug-likeness (QED) is 0.695. The average molecular weight is 388 g/mol. The van der Waals surface area contributed by atoms with Gasteiger partial charge in [0.05, 0.1) is 11.7 Å². The number of likely N-dealkylation sites (tertiary alicyclic amines) is 1. The van der Waals surface area contributed by atoms with E-state index in [1.165, 1.54) is 12.1 Å². The molecule has 0 spiro atoms. The van der Waals surface area contributed by atoms with E-state index in [4.69, 9.17) is 11.6 Å². The van der Waals surface area contributed by atoms with E-state index in [0.717, 1.165) is 19.4 Å². The Bertz CT molecular complexity index is 628. The Morgan fingerprint density at radius 1 is 1.24 bits per heavy atom. The Morgan fingerprint density at radius 3 is 2.60 bits per heavy atom. The fourth-order valence-electron chi connectivity index (χ4n) is 3.32. The Labute approximate surface area is 158 Å². The molecule has 2 fully saturated rings. The molecule has 1 atom stereocenters. The summed E-state index contributed by atoms with van der Waals surface area (Å²) in [4.78, 5) is 26.6. The Kier molecular flexibility index (Phi) is 6.93. The monoisotopic (exact) mass is 387 g/mol. The zero-order valence-electron chi connectivity index (χ0n) is 13.8. The van der Waals surface area contributed by atoms with Crippen LogP contribution in [-0.2, 0) is 9.59 Å². The highest BCUT2D eigenvalue weighted by Gasteiger charge is 2.32. The lowest BCUT2D eigenvalue weighted by molar-refractivity contribution is -0.136. The number of nitrogens with zero attached hydrogens (tertiary/aromatic N) is 1.